The number of aryl methyl sites for hydroxylation is 1. The first-order valence-corrected chi connectivity index (χ1v) is 10.0. The number of carbonyl (C=O) groups is 1. The second kappa shape index (κ2) is 8.14. The van der Waals surface area contributed by atoms with Gasteiger partial charge in [0.2, 0.25) is 5.95 Å². The van der Waals surface area contributed by atoms with Crippen LogP contribution < -0.4 is 16.4 Å². The number of fused-ring (bicyclic) bond motifs is 1. The lowest BCUT2D eigenvalue weighted by molar-refractivity contribution is 0.100. The lowest BCUT2D eigenvalue weighted by Gasteiger charge is -2.28. The number of aliphatic hydroxyl groups excluding tert-OH is 1. The van der Waals surface area contributed by atoms with Gasteiger partial charge in [0.1, 0.15) is 5.82 Å². The maximum absolute atomic E-state index is 11.8. The van der Waals surface area contributed by atoms with Gasteiger partial charge in [-0.1, -0.05) is 24.3 Å². The first-order chi connectivity index (χ1) is 13.6. The largest absolute Gasteiger partial charge is 0.393 e. The summed E-state index contributed by atoms with van der Waals surface area (Å²) in [5.74, 6) is 0.380. The van der Waals surface area contributed by atoms with Crippen LogP contribution in [0.1, 0.15) is 53.6 Å². The van der Waals surface area contributed by atoms with Crippen molar-refractivity contribution >= 4 is 17.7 Å². The standard InChI is InChI=1S/C21H27N5O2/c22-19(28)18-12-23-21(26-20(18)24-15-6-3-7-17(27)11-15)25-16-9-8-13-4-1-2-5-14(13)10-16/h1-2,4-5,12,15-17,27H,3,6-11H2,(H2,22,28)(H2,23,24,25,26)/t15-,16-,17+/m1/s1. The first kappa shape index (κ1) is 18.7. The Morgan fingerprint density at radius 1 is 1.11 bits per heavy atom. The Balaban J connectivity index is 1.49. The van der Waals surface area contributed by atoms with Crippen molar-refractivity contribution in [1.29, 1.82) is 0 Å². The molecular weight excluding hydrogens is 354 g/mol. The normalized spacial score (nSPS) is 24.2. The minimum atomic E-state index is -0.558. The Morgan fingerprint density at radius 2 is 1.93 bits per heavy atom. The van der Waals surface area contributed by atoms with Crippen LogP contribution in [0.5, 0.6) is 0 Å². The molecule has 2 aliphatic rings. The highest BCUT2D eigenvalue weighted by Crippen LogP contribution is 2.25. The van der Waals surface area contributed by atoms with Gasteiger partial charge in [0.05, 0.1) is 11.7 Å². The minimum Gasteiger partial charge on any atom is -0.393 e. The molecule has 148 valence electrons. The molecule has 1 amide bonds. The van der Waals surface area contributed by atoms with Crippen molar-refractivity contribution in [2.75, 3.05) is 10.6 Å². The van der Waals surface area contributed by atoms with E-state index in [9.17, 15) is 9.90 Å². The summed E-state index contributed by atoms with van der Waals surface area (Å²) < 4.78 is 0. The van der Waals surface area contributed by atoms with Gasteiger partial charge >= 0.3 is 0 Å². The Kier molecular flexibility index (Phi) is 5.43. The minimum absolute atomic E-state index is 0.0751. The fraction of sp³-hybridized carbons (Fsp3) is 0.476. The number of carbonyl (C=O) groups excluding carboxylic acids is 1. The number of anilines is 2. The van der Waals surface area contributed by atoms with Crippen LogP contribution in [0.15, 0.2) is 30.5 Å². The molecular formula is C21H27N5O2. The molecule has 4 rings (SSSR count). The van der Waals surface area contributed by atoms with Crippen molar-refractivity contribution in [2.24, 2.45) is 5.73 Å². The Morgan fingerprint density at radius 3 is 2.71 bits per heavy atom. The molecule has 5 N–H and O–H groups in total. The van der Waals surface area contributed by atoms with Crippen LogP contribution in [0, 0.1) is 0 Å². The summed E-state index contributed by atoms with van der Waals surface area (Å²) >= 11 is 0. The van der Waals surface area contributed by atoms with E-state index in [1.807, 2.05) is 0 Å². The third kappa shape index (κ3) is 4.25. The number of hydrogen-bond donors (Lipinski definition) is 4. The van der Waals surface area contributed by atoms with Gasteiger partial charge in [-0.25, -0.2) is 4.98 Å². The number of amides is 1. The van der Waals surface area contributed by atoms with E-state index in [1.54, 1.807) is 0 Å². The molecule has 1 heterocycles. The predicted octanol–water partition coefficient (Wildman–Crippen LogP) is 2.26. The number of aromatic nitrogens is 2. The summed E-state index contributed by atoms with van der Waals surface area (Å²) in [5, 5.41) is 16.6. The molecule has 2 aliphatic carbocycles. The highest BCUT2D eigenvalue weighted by atomic mass is 16.3. The first-order valence-electron chi connectivity index (χ1n) is 10.0. The Hall–Kier alpha value is -2.67. The van der Waals surface area contributed by atoms with Gasteiger partial charge in [-0.2, -0.15) is 4.98 Å². The van der Waals surface area contributed by atoms with Crippen molar-refractivity contribution in [2.45, 2.75) is 63.1 Å². The van der Waals surface area contributed by atoms with Crippen molar-refractivity contribution in [1.82, 2.24) is 9.97 Å². The highest BCUT2D eigenvalue weighted by Gasteiger charge is 2.24. The van der Waals surface area contributed by atoms with Crippen LogP contribution in [0.4, 0.5) is 11.8 Å². The molecule has 28 heavy (non-hydrogen) atoms. The van der Waals surface area contributed by atoms with E-state index >= 15 is 0 Å². The molecule has 0 bridgehead atoms. The van der Waals surface area contributed by atoms with Gasteiger partial charge in [0, 0.05) is 18.3 Å². The van der Waals surface area contributed by atoms with E-state index < -0.39 is 5.91 Å². The molecule has 0 saturated heterocycles. The molecule has 7 heteroatoms. The molecule has 1 aromatic heterocycles. The van der Waals surface area contributed by atoms with Crippen molar-refractivity contribution in [3.8, 4) is 0 Å². The van der Waals surface area contributed by atoms with Gasteiger partial charge < -0.3 is 21.5 Å². The van der Waals surface area contributed by atoms with Crippen molar-refractivity contribution in [3.05, 3.63) is 47.2 Å². The van der Waals surface area contributed by atoms with E-state index in [0.29, 0.717) is 18.2 Å². The van der Waals surface area contributed by atoms with E-state index in [4.69, 9.17) is 5.73 Å². The molecule has 3 atom stereocenters. The van der Waals surface area contributed by atoms with Crippen LogP contribution in [0.3, 0.4) is 0 Å². The third-order valence-corrected chi connectivity index (χ3v) is 5.72. The van der Waals surface area contributed by atoms with Crippen LogP contribution in [0.2, 0.25) is 0 Å². The van der Waals surface area contributed by atoms with E-state index in [2.05, 4.69) is 44.9 Å². The molecule has 2 aromatic rings. The molecule has 1 fully saturated rings. The summed E-state index contributed by atoms with van der Waals surface area (Å²) in [7, 11) is 0. The van der Waals surface area contributed by atoms with Crippen LogP contribution >= 0.6 is 0 Å². The van der Waals surface area contributed by atoms with Crippen LogP contribution in [-0.4, -0.2) is 39.2 Å². The number of aliphatic hydroxyl groups is 1. The van der Waals surface area contributed by atoms with E-state index in [1.165, 1.54) is 17.3 Å². The summed E-state index contributed by atoms with van der Waals surface area (Å²) in [5.41, 5.74) is 8.55. The average molecular weight is 381 g/mol. The molecule has 1 aromatic carbocycles. The Labute approximate surface area is 164 Å². The summed E-state index contributed by atoms with van der Waals surface area (Å²) in [4.78, 5) is 20.7. The van der Waals surface area contributed by atoms with Crippen LogP contribution in [0.25, 0.3) is 0 Å². The molecule has 0 unspecified atom stereocenters. The number of nitrogens with two attached hydrogens (primary N) is 1. The SMILES string of the molecule is NC(=O)c1cnc(N[C@@H]2CCc3ccccc3C2)nc1N[C@@H]1CCC[C@H](O)C1. The van der Waals surface area contributed by atoms with E-state index in [-0.39, 0.29) is 23.8 Å². The van der Waals surface area contributed by atoms with Gasteiger partial charge in [-0.05, 0) is 56.1 Å². The fourth-order valence-electron chi connectivity index (χ4n) is 4.23. The summed E-state index contributed by atoms with van der Waals surface area (Å²) in [6.45, 7) is 0. The maximum atomic E-state index is 11.8. The zero-order chi connectivity index (χ0) is 19.5. The van der Waals surface area contributed by atoms with Crippen molar-refractivity contribution < 1.29 is 9.90 Å². The maximum Gasteiger partial charge on any atom is 0.254 e. The molecule has 0 radical (unpaired) electrons. The zero-order valence-electron chi connectivity index (χ0n) is 15.9. The lowest BCUT2D eigenvalue weighted by Crippen LogP contribution is -2.32. The number of hydrogen-bond acceptors (Lipinski definition) is 6. The van der Waals surface area contributed by atoms with E-state index in [0.717, 1.165) is 38.5 Å². The number of nitrogens with one attached hydrogen (secondary N) is 2. The number of rotatable bonds is 5. The molecule has 1 saturated carbocycles. The molecule has 0 aliphatic heterocycles. The number of nitrogens with zero attached hydrogens (tertiary/aromatic N) is 2. The third-order valence-electron chi connectivity index (χ3n) is 5.72. The number of benzene rings is 1. The molecule has 0 spiro atoms. The quantitative estimate of drug-likeness (QED) is 0.632. The molecule has 7 nitrogen and oxygen atoms in total. The predicted molar refractivity (Wildman–Crippen MR) is 108 cm³/mol. The fourth-order valence-corrected chi connectivity index (χ4v) is 4.23. The second-order valence-electron chi connectivity index (χ2n) is 7.83. The van der Waals surface area contributed by atoms with Gasteiger partial charge in [-0.3, -0.25) is 4.79 Å². The highest BCUT2D eigenvalue weighted by molar-refractivity contribution is 5.97. The topological polar surface area (TPSA) is 113 Å². The smallest absolute Gasteiger partial charge is 0.254 e. The van der Waals surface area contributed by atoms with Crippen molar-refractivity contribution in [3.63, 3.8) is 0 Å². The summed E-state index contributed by atoms with van der Waals surface area (Å²) in [6, 6.07) is 8.83. The zero-order valence-corrected chi connectivity index (χ0v) is 15.9. The van der Waals surface area contributed by atoms with Crippen LogP contribution in [-0.2, 0) is 12.8 Å². The van der Waals surface area contributed by atoms with Gasteiger partial charge in [0.25, 0.3) is 5.91 Å². The second-order valence-corrected chi connectivity index (χ2v) is 7.83. The Bertz CT molecular complexity index is 856. The van der Waals surface area contributed by atoms with Gasteiger partial charge in [-0.15, -0.1) is 0 Å². The monoisotopic (exact) mass is 381 g/mol. The summed E-state index contributed by atoms with van der Waals surface area (Å²) in [6.07, 6.45) is 7.47. The van der Waals surface area contributed by atoms with Gasteiger partial charge in [0.15, 0.2) is 0 Å². The number of primary amides is 1. The lowest BCUT2D eigenvalue weighted by atomic mass is 9.88. The average Bonchev–Trinajstić information content (AvgIpc) is 2.68.